The molecule has 3 rings (SSSR count). The molecule has 0 spiro atoms. The lowest BCUT2D eigenvalue weighted by Gasteiger charge is -2.23. The van der Waals surface area contributed by atoms with Gasteiger partial charge >= 0.3 is 0 Å². The number of nitrogens with zero attached hydrogens (tertiary/aromatic N) is 1. The lowest BCUT2D eigenvalue weighted by molar-refractivity contribution is -0.699. The van der Waals surface area contributed by atoms with Crippen molar-refractivity contribution in [3.05, 3.63) is 65.5 Å². The van der Waals surface area contributed by atoms with E-state index < -0.39 is 0 Å². The van der Waals surface area contributed by atoms with E-state index in [-0.39, 0.29) is 0 Å². The van der Waals surface area contributed by atoms with E-state index in [9.17, 15) is 0 Å². The second-order valence-electron chi connectivity index (χ2n) is 5.15. The third kappa shape index (κ3) is 1.94. The molecular formula is C17H20N+. The van der Waals surface area contributed by atoms with Gasteiger partial charge in [0.2, 0.25) is 0 Å². The molecule has 1 nitrogen and oxygen atoms in total. The van der Waals surface area contributed by atoms with Gasteiger partial charge in [0, 0.05) is 17.7 Å². The van der Waals surface area contributed by atoms with Crippen LogP contribution >= 0.6 is 0 Å². The second-order valence-corrected chi connectivity index (χ2v) is 5.15. The van der Waals surface area contributed by atoms with Crippen LogP contribution in [0.25, 0.3) is 0 Å². The Balaban J connectivity index is 2.05. The van der Waals surface area contributed by atoms with Gasteiger partial charge in [-0.1, -0.05) is 50.1 Å². The molecule has 2 aromatic rings. The average molecular weight is 238 g/mol. The molecule has 18 heavy (non-hydrogen) atoms. The van der Waals surface area contributed by atoms with Gasteiger partial charge in [-0.15, -0.1) is 0 Å². The topological polar surface area (TPSA) is 3.88 Å². The quantitative estimate of drug-likeness (QED) is 0.719. The molecule has 0 aliphatic carbocycles. The fourth-order valence-electron chi connectivity index (χ4n) is 3.02. The normalized spacial score (nSPS) is 17.1. The highest BCUT2D eigenvalue weighted by Crippen LogP contribution is 2.32. The van der Waals surface area contributed by atoms with E-state index in [1.54, 1.807) is 0 Å². The summed E-state index contributed by atoms with van der Waals surface area (Å²) in [5.41, 5.74) is 4.50. The lowest BCUT2D eigenvalue weighted by atomic mass is 9.84. The Hall–Kier alpha value is -1.63. The van der Waals surface area contributed by atoms with Crippen LogP contribution in [0.2, 0.25) is 0 Å². The van der Waals surface area contributed by atoms with Gasteiger partial charge in [-0.2, -0.15) is 4.57 Å². The minimum atomic E-state index is 0.580. The lowest BCUT2D eigenvalue weighted by Crippen LogP contribution is -2.43. The van der Waals surface area contributed by atoms with Crippen LogP contribution in [0.15, 0.2) is 48.7 Å². The van der Waals surface area contributed by atoms with Crippen molar-refractivity contribution in [3.63, 3.8) is 0 Å². The van der Waals surface area contributed by atoms with Gasteiger partial charge in [0.05, 0.1) is 5.92 Å². The smallest absolute Gasteiger partial charge is 0.189 e. The maximum atomic E-state index is 2.41. The highest BCUT2D eigenvalue weighted by Gasteiger charge is 2.30. The van der Waals surface area contributed by atoms with E-state index in [1.165, 1.54) is 36.1 Å². The standard InChI is InChI=1S/C17H20N/c1-2-3-9-16-15-10-5-4-8-14(15)13-18-12-7-6-11-17(16)18/h4-8,10-12,16H,2-3,9,13H2,1H3/q+1. The second kappa shape index (κ2) is 4.93. The number of aromatic nitrogens is 1. The average Bonchev–Trinajstić information content (AvgIpc) is 2.43. The molecule has 2 heterocycles. The molecule has 0 radical (unpaired) electrons. The van der Waals surface area contributed by atoms with Gasteiger partial charge in [-0.05, 0) is 12.0 Å². The third-order valence-corrected chi connectivity index (χ3v) is 3.95. The fraction of sp³-hybridized carbons (Fsp3) is 0.353. The molecule has 1 aromatic heterocycles. The van der Waals surface area contributed by atoms with Gasteiger partial charge in [0.1, 0.15) is 0 Å². The highest BCUT2D eigenvalue weighted by atomic mass is 15.0. The molecular weight excluding hydrogens is 218 g/mol. The predicted octanol–water partition coefficient (Wildman–Crippen LogP) is 3.66. The van der Waals surface area contributed by atoms with Crippen molar-refractivity contribution in [1.82, 2.24) is 0 Å². The van der Waals surface area contributed by atoms with Crippen LogP contribution in [0.1, 0.15) is 48.9 Å². The Morgan fingerprint density at radius 2 is 1.94 bits per heavy atom. The zero-order valence-corrected chi connectivity index (χ0v) is 11.0. The molecule has 1 aliphatic rings. The van der Waals surface area contributed by atoms with Crippen molar-refractivity contribution in [3.8, 4) is 0 Å². The summed E-state index contributed by atoms with van der Waals surface area (Å²) in [5.74, 6) is 0.580. The number of hydrogen-bond donors (Lipinski definition) is 0. The SMILES string of the molecule is CCCCC1c2ccccc2C[n+]2ccccc21. The van der Waals surface area contributed by atoms with Gasteiger partial charge in [-0.25, -0.2) is 0 Å². The van der Waals surface area contributed by atoms with Crippen LogP contribution in [0.5, 0.6) is 0 Å². The predicted molar refractivity (Wildman–Crippen MR) is 73.5 cm³/mol. The maximum absolute atomic E-state index is 2.41. The first-order valence-corrected chi connectivity index (χ1v) is 6.96. The molecule has 1 aromatic carbocycles. The number of fused-ring (bicyclic) bond motifs is 2. The Labute approximate surface area is 109 Å². The van der Waals surface area contributed by atoms with E-state index in [4.69, 9.17) is 0 Å². The summed E-state index contributed by atoms with van der Waals surface area (Å²) in [6.45, 7) is 3.29. The van der Waals surface area contributed by atoms with Crippen LogP contribution in [0, 0.1) is 0 Å². The highest BCUT2D eigenvalue weighted by molar-refractivity contribution is 5.35. The van der Waals surface area contributed by atoms with Gasteiger partial charge in [0.25, 0.3) is 0 Å². The molecule has 1 atom stereocenters. The minimum Gasteiger partial charge on any atom is -0.198 e. The summed E-state index contributed by atoms with van der Waals surface area (Å²) < 4.78 is 2.41. The zero-order valence-electron chi connectivity index (χ0n) is 11.0. The maximum Gasteiger partial charge on any atom is 0.189 e. The summed E-state index contributed by atoms with van der Waals surface area (Å²) in [7, 11) is 0. The van der Waals surface area contributed by atoms with E-state index in [1.807, 2.05) is 0 Å². The van der Waals surface area contributed by atoms with Crippen LogP contribution < -0.4 is 4.57 Å². The molecule has 0 bridgehead atoms. The molecule has 1 unspecified atom stereocenters. The summed E-state index contributed by atoms with van der Waals surface area (Å²) in [6, 6.07) is 15.5. The van der Waals surface area contributed by atoms with Crippen molar-refractivity contribution in [1.29, 1.82) is 0 Å². The van der Waals surface area contributed by atoms with Crippen LogP contribution in [0.4, 0.5) is 0 Å². The van der Waals surface area contributed by atoms with Crippen molar-refractivity contribution < 1.29 is 4.57 Å². The molecule has 0 fully saturated rings. The Kier molecular flexibility index (Phi) is 3.14. The van der Waals surface area contributed by atoms with E-state index in [0.717, 1.165) is 6.54 Å². The monoisotopic (exact) mass is 238 g/mol. The molecule has 1 heteroatoms. The summed E-state index contributed by atoms with van der Waals surface area (Å²) >= 11 is 0. The first-order valence-electron chi connectivity index (χ1n) is 6.96. The molecule has 92 valence electrons. The molecule has 0 N–H and O–H groups in total. The van der Waals surface area contributed by atoms with Gasteiger partial charge in [-0.3, -0.25) is 0 Å². The van der Waals surface area contributed by atoms with Crippen molar-refractivity contribution in [2.75, 3.05) is 0 Å². The van der Waals surface area contributed by atoms with Crippen LogP contribution in [0.3, 0.4) is 0 Å². The minimum absolute atomic E-state index is 0.580. The van der Waals surface area contributed by atoms with Gasteiger partial charge < -0.3 is 0 Å². The Morgan fingerprint density at radius 1 is 1.11 bits per heavy atom. The van der Waals surface area contributed by atoms with E-state index >= 15 is 0 Å². The van der Waals surface area contributed by atoms with Crippen LogP contribution in [-0.2, 0) is 6.54 Å². The number of benzene rings is 1. The van der Waals surface area contributed by atoms with Crippen LogP contribution in [-0.4, -0.2) is 0 Å². The first kappa shape index (κ1) is 11.5. The van der Waals surface area contributed by atoms with Crippen molar-refractivity contribution in [2.45, 2.75) is 38.6 Å². The summed E-state index contributed by atoms with van der Waals surface area (Å²) in [4.78, 5) is 0. The molecule has 0 saturated carbocycles. The van der Waals surface area contributed by atoms with E-state index in [2.05, 4.69) is 60.2 Å². The van der Waals surface area contributed by atoms with Gasteiger partial charge in [0.15, 0.2) is 18.4 Å². The largest absolute Gasteiger partial charge is 0.198 e. The first-order chi connectivity index (χ1) is 8.90. The summed E-state index contributed by atoms with van der Waals surface area (Å²) in [6.07, 6.45) is 6.04. The molecule has 0 saturated heterocycles. The Morgan fingerprint density at radius 3 is 2.83 bits per heavy atom. The summed E-state index contributed by atoms with van der Waals surface area (Å²) in [5, 5.41) is 0. The van der Waals surface area contributed by atoms with Crippen molar-refractivity contribution in [2.24, 2.45) is 0 Å². The fourth-order valence-corrected chi connectivity index (χ4v) is 3.02. The zero-order chi connectivity index (χ0) is 12.4. The third-order valence-electron chi connectivity index (χ3n) is 3.95. The number of unbranched alkanes of at least 4 members (excludes halogenated alkanes) is 1. The molecule has 0 amide bonds. The number of hydrogen-bond acceptors (Lipinski definition) is 0. The number of pyridine rings is 1. The number of rotatable bonds is 3. The van der Waals surface area contributed by atoms with Crippen molar-refractivity contribution >= 4 is 0 Å². The van der Waals surface area contributed by atoms with E-state index in [0.29, 0.717) is 5.92 Å². The Bertz CT molecular complexity index is 499. The molecule has 1 aliphatic heterocycles.